The zero-order chi connectivity index (χ0) is 24.2. The summed E-state index contributed by atoms with van der Waals surface area (Å²) >= 11 is 0. The van der Waals surface area contributed by atoms with Gasteiger partial charge in [0.2, 0.25) is 0 Å². The van der Waals surface area contributed by atoms with Crippen molar-refractivity contribution in [2.45, 2.75) is 26.7 Å². The normalized spacial score (nSPS) is 11.2. The van der Waals surface area contributed by atoms with Crippen LogP contribution in [0.4, 0.5) is 0 Å². The molecule has 184 valence electrons. The largest absolute Gasteiger partial charge is 0.490 e. The van der Waals surface area contributed by atoms with Crippen LogP contribution in [0.3, 0.4) is 0 Å². The van der Waals surface area contributed by atoms with Gasteiger partial charge in [-0.25, -0.2) is 0 Å². The van der Waals surface area contributed by atoms with Crippen LogP contribution in [0.15, 0.2) is 54.1 Å². The Balaban J connectivity index is 2.00. The highest BCUT2D eigenvalue weighted by Gasteiger charge is 2.17. The maximum Gasteiger partial charge on any atom is 0.135 e. The first-order valence-electron chi connectivity index (χ1n) is 11.9. The summed E-state index contributed by atoms with van der Waals surface area (Å²) in [5, 5.41) is 21.8. The van der Waals surface area contributed by atoms with Gasteiger partial charge in [0.1, 0.15) is 24.7 Å². The van der Waals surface area contributed by atoms with E-state index in [9.17, 15) is 0 Å². The van der Waals surface area contributed by atoms with Crippen molar-refractivity contribution >= 4 is 21.5 Å². The number of rotatable bonds is 15. The van der Waals surface area contributed by atoms with E-state index in [1.54, 1.807) is 0 Å². The van der Waals surface area contributed by atoms with Crippen LogP contribution in [0.5, 0.6) is 11.5 Å². The van der Waals surface area contributed by atoms with Crippen molar-refractivity contribution in [2.75, 3.05) is 52.9 Å². The van der Waals surface area contributed by atoms with Gasteiger partial charge in [0, 0.05) is 21.5 Å². The molecular weight excluding hydrogens is 432 g/mol. The van der Waals surface area contributed by atoms with Gasteiger partial charge >= 0.3 is 0 Å². The molecule has 0 bridgehead atoms. The standard InChI is InChI=1S/C28H36O6/c1-21(2)6-5-7-22-10-11-25-26(20-22)28(34-19-17-32-15-13-30)24-9-4-3-8-23(24)27(25)33-18-16-31-14-12-29/h3-4,6,8-11,20,29-30H,5,7,12-19H2,1-2H3. The van der Waals surface area contributed by atoms with E-state index in [1.807, 2.05) is 24.3 Å². The van der Waals surface area contributed by atoms with Crippen molar-refractivity contribution < 1.29 is 29.2 Å². The summed E-state index contributed by atoms with van der Waals surface area (Å²) in [5.74, 6) is 1.61. The van der Waals surface area contributed by atoms with Gasteiger partial charge in [0.05, 0.1) is 39.6 Å². The van der Waals surface area contributed by atoms with Gasteiger partial charge < -0.3 is 29.2 Å². The predicted octanol–water partition coefficient (Wildman–Crippen LogP) is 4.67. The lowest BCUT2D eigenvalue weighted by molar-refractivity contribution is 0.0707. The number of benzene rings is 3. The molecule has 0 amide bonds. The molecule has 6 heteroatoms. The van der Waals surface area contributed by atoms with Crippen molar-refractivity contribution in [3.05, 3.63) is 59.7 Å². The topological polar surface area (TPSA) is 77.4 Å². The Morgan fingerprint density at radius 1 is 0.706 bits per heavy atom. The summed E-state index contributed by atoms with van der Waals surface area (Å²) < 4.78 is 23.3. The van der Waals surface area contributed by atoms with Crippen molar-refractivity contribution in [2.24, 2.45) is 0 Å². The van der Waals surface area contributed by atoms with Gasteiger partial charge in [-0.2, -0.15) is 0 Å². The second-order valence-corrected chi connectivity index (χ2v) is 8.27. The molecule has 0 aliphatic carbocycles. The molecule has 3 aromatic rings. The smallest absolute Gasteiger partial charge is 0.135 e. The van der Waals surface area contributed by atoms with Crippen molar-refractivity contribution in [3.8, 4) is 11.5 Å². The molecule has 0 aromatic heterocycles. The van der Waals surface area contributed by atoms with Crippen LogP contribution in [-0.2, 0) is 15.9 Å². The number of ether oxygens (including phenoxy) is 4. The maximum absolute atomic E-state index is 8.94. The Morgan fingerprint density at radius 3 is 1.82 bits per heavy atom. The Hall–Kier alpha value is -2.64. The monoisotopic (exact) mass is 468 g/mol. The maximum atomic E-state index is 8.94. The van der Waals surface area contributed by atoms with Crippen molar-refractivity contribution in [1.82, 2.24) is 0 Å². The van der Waals surface area contributed by atoms with Gasteiger partial charge in [-0.3, -0.25) is 0 Å². The Labute approximate surface area is 201 Å². The average molecular weight is 469 g/mol. The average Bonchev–Trinajstić information content (AvgIpc) is 2.84. The van der Waals surface area contributed by atoms with E-state index in [0.29, 0.717) is 39.6 Å². The van der Waals surface area contributed by atoms with Gasteiger partial charge in [-0.05, 0) is 38.3 Å². The molecule has 0 atom stereocenters. The fourth-order valence-corrected chi connectivity index (χ4v) is 3.88. The second kappa shape index (κ2) is 13.9. The third-order valence-corrected chi connectivity index (χ3v) is 5.39. The fraction of sp³-hybridized carbons (Fsp3) is 0.429. The second-order valence-electron chi connectivity index (χ2n) is 8.27. The van der Waals surface area contributed by atoms with E-state index >= 15 is 0 Å². The van der Waals surface area contributed by atoms with Crippen LogP contribution < -0.4 is 9.47 Å². The molecule has 34 heavy (non-hydrogen) atoms. The first kappa shape index (κ1) is 26.0. The molecule has 0 saturated carbocycles. The van der Waals surface area contributed by atoms with Crippen LogP contribution in [0.1, 0.15) is 25.8 Å². The fourth-order valence-electron chi connectivity index (χ4n) is 3.88. The Bertz CT molecular complexity index is 1070. The van der Waals surface area contributed by atoms with Gasteiger partial charge in [0.15, 0.2) is 0 Å². The number of allylic oxidation sites excluding steroid dienone is 2. The predicted molar refractivity (Wildman–Crippen MR) is 136 cm³/mol. The van der Waals surface area contributed by atoms with E-state index in [-0.39, 0.29) is 13.2 Å². The van der Waals surface area contributed by atoms with E-state index < -0.39 is 0 Å². The van der Waals surface area contributed by atoms with Crippen LogP contribution in [0.2, 0.25) is 0 Å². The lowest BCUT2D eigenvalue weighted by Crippen LogP contribution is -2.11. The molecule has 6 nitrogen and oxygen atoms in total. The molecular formula is C28H36O6. The molecule has 3 aromatic carbocycles. The number of aryl methyl sites for hydroxylation is 1. The molecule has 0 aliphatic rings. The molecule has 0 aliphatic heterocycles. The lowest BCUT2D eigenvalue weighted by Gasteiger charge is -2.19. The lowest BCUT2D eigenvalue weighted by atomic mass is 9.97. The zero-order valence-corrected chi connectivity index (χ0v) is 20.2. The summed E-state index contributed by atoms with van der Waals surface area (Å²) in [5.41, 5.74) is 2.55. The summed E-state index contributed by atoms with van der Waals surface area (Å²) in [6, 6.07) is 14.5. The van der Waals surface area contributed by atoms with Gasteiger partial charge in [-0.15, -0.1) is 0 Å². The molecule has 0 heterocycles. The van der Waals surface area contributed by atoms with Crippen LogP contribution in [0, 0.1) is 0 Å². The van der Waals surface area contributed by atoms with Gasteiger partial charge in [-0.1, -0.05) is 48.0 Å². The highest BCUT2D eigenvalue weighted by Crippen LogP contribution is 2.43. The first-order valence-corrected chi connectivity index (χ1v) is 11.9. The number of hydrogen-bond acceptors (Lipinski definition) is 6. The summed E-state index contributed by atoms with van der Waals surface area (Å²) in [6.45, 7) is 6.39. The van der Waals surface area contributed by atoms with E-state index in [4.69, 9.17) is 29.2 Å². The van der Waals surface area contributed by atoms with Crippen LogP contribution in [0.25, 0.3) is 21.5 Å². The van der Waals surface area contributed by atoms with Gasteiger partial charge in [0.25, 0.3) is 0 Å². The SMILES string of the molecule is CC(C)=CCCc1ccc2c(OCCOCCO)c3ccccc3c(OCCOCCO)c2c1. The Kier molecular flexibility index (Phi) is 10.6. The third-order valence-electron chi connectivity index (χ3n) is 5.39. The molecule has 0 fully saturated rings. The molecule has 0 radical (unpaired) electrons. The minimum atomic E-state index is -0.00500. The van der Waals surface area contributed by atoms with Crippen molar-refractivity contribution in [1.29, 1.82) is 0 Å². The van der Waals surface area contributed by atoms with Crippen LogP contribution in [-0.4, -0.2) is 63.1 Å². The number of fused-ring (bicyclic) bond motifs is 2. The Morgan fingerprint density at radius 2 is 1.26 bits per heavy atom. The first-order chi connectivity index (χ1) is 16.7. The summed E-state index contributed by atoms with van der Waals surface area (Å²) in [4.78, 5) is 0. The third kappa shape index (κ3) is 7.18. The van der Waals surface area contributed by atoms with Crippen molar-refractivity contribution in [3.63, 3.8) is 0 Å². The zero-order valence-electron chi connectivity index (χ0n) is 20.2. The summed E-state index contributed by atoms with van der Waals surface area (Å²) in [7, 11) is 0. The molecule has 0 spiro atoms. The minimum absolute atomic E-state index is 0.00453. The highest BCUT2D eigenvalue weighted by atomic mass is 16.5. The molecule has 3 rings (SSSR count). The molecule has 2 N–H and O–H groups in total. The summed E-state index contributed by atoms with van der Waals surface area (Å²) in [6.07, 6.45) is 4.18. The van der Waals surface area contributed by atoms with E-state index in [1.165, 1.54) is 11.1 Å². The number of aliphatic hydroxyl groups excluding tert-OH is 2. The minimum Gasteiger partial charge on any atom is -0.490 e. The van der Waals surface area contributed by atoms with E-state index in [2.05, 4.69) is 38.1 Å². The molecule has 0 unspecified atom stereocenters. The quantitative estimate of drug-likeness (QED) is 0.192. The van der Waals surface area contributed by atoms with Crippen LogP contribution >= 0.6 is 0 Å². The molecule has 0 saturated heterocycles. The van der Waals surface area contributed by atoms with E-state index in [0.717, 1.165) is 45.9 Å². The number of aliphatic hydroxyl groups is 2. The number of hydrogen-bond donors (Lipinski definition) is 2. The highest BCUT2D eigenvalue weighted by molar-refractivity contribution is 6.11.